The molecular weight excluding hydrogens is 358 g/mol. The van der Waals surface area contributed by atoms with Crippen molar-refractivity contribution in [3.8, 4) is 11.5 Å². The Kier molecular flexibility index (Phi) is 4.39. The maximum atomic E-state index is 6.16. The Hall–Kier alpha value is -2.05. The highest BCUT2D eigenvalue weighted by Crippen LogP contribution is 2.40. The fourth-order valence-corrected chi connectivity index (χ4v) is 4.75. The van der Waals surface area contributed by atoms with Crippen LogP contribution in [0.2, 0.25) is 5.28 Å². The Labute approximate surface area is 155 Å². The van der Waals surface area contributed by atoms with E-state index in [1.807, 2.05) is 18.2 Å². The maximum Gasteiger partial charge on any atom is 0.225 e. The van der Waals surface area contributed by atoms with Gasteiger partial charge in [0.25, 0.3) is 0 Å². The van der Waals surface area contributed by atoms with Gasteiger partial charge in [-0.1, -0.05) is 0 Å². The fourth-order valence-electron chi connectivity index (χ4n) is 3.27. The van der Waals surface area contributed by atoms with E-state index in [9.17, 15) is 0 Å². The van der Waals surface area contributed by atoms with Gasteiger partial charge < -0.3 is 14.8 Å². The number of thiophene rings is 1. The molecule has 2 aromatic heterocycles. The predicted octanol–water partition coefficient (Wildman–Crippen LogP) is 4.98. The van der Waals surface area contributed by atoms with Crippen molar-refractivity contribution >= 4 is 44.7 Å². The molecule has 0 bridgehead atoms. The molecule has 0 aliphatic heterocycles. The highest BCUT2D eigenvalue weighted by Gasteiger charge is 2.21. The third kappa shape index (κ3) is 3.00. The minimum Gasteiger partial charge on any atom is -0.493 e. The summed E-state index contributed by atoms with van der Waals surface area (Å²) >= 11 is 7.89. The summed E-state index contributed by atoms with van der Waals surface area (Å²) in [6.45, 7) is 0. The molecule has 7 heteroatoms. The van der Waals surface area contributed by atoms with Gasteiger partial charge in [-0.15, -0.1) is 11.3 Å². The molecule has 0 fully saturated rings. The van der Waals surface area contributed by atoms with E-state index in [4.69, 9.17) is 21.1 Å². The number of hydrogen-bond acceptors (Lipinski definition) is 6. The van der Waals surface area contributed by atoms with Crippen molar-refractivity contribution in [3.05, 3.63) is 33.9 Å². The number of halogens is 1. The Morgan fingerprint density at radius 1 is 1.08 bits per heavy atom. The van der Waals surface area contributed by atoms with Crippen molar-refractivity contribution in [2.75, 3.05) is 19.5 Å². The van der Waals surface area contributed by atoms with Gasteiger partial charge in [-0.3, -0.25) is 0 Å². The van der Waals surface area contributed by atoms with E-state index in [2.05, 4.69) is 15.3 Å². The van der Waals surface area contributed by atoms with Gasteiger partial charge in [-0.2, -0.15) is 4.98 Å². The van der Waals surface area contributed by atoms with Crippen LogP contribution in [0.4, 0.5) is 11.5 Å². The number of fused-ring (bicyclic) bond motifs is 3. The van der Waals surface area contributed by atoms with Crippen LogP contribution < -0.4 is 14.8 Å². The summed E-state index contributed by atoms with van der Waals surface area (Å²) in [5, 5.41) is 4.74. The first-order valence-electron chi connectivity index (χ1n) is 8.16. The van der Waals surface area contributed by atoms with Crippen molar-refractivity contribution in [2.45, 2.75) is 25.7 Å². The molecule has 0 spiro atoms. The SMILES string of the molecule is COc1ccc(Nc2nc(Cl)nc3sc4c(c23)CCCC4)cc1OC. The van der Waals surface area contributed by atoms with Crippen molar-refractivity contribution in [1.82, 2.24) is 9.97 Å². The molecule has 1 aliphatic carbocycles. The van der Waals surface area contributed by atoms with Crippen LogP contribution in [0.3, 0.4) is 0 Å². The van der Waals surface area contributed by atoms with Crippen LogP contribution in [0.25, 0.3) is 10.2 Å². The van der Waals surface area contributed by atoms with E-state index in [-0.39, 0.29) is 5.28 Å². The molecule has 1 aromatic carbocycles. The first kappa shape index (κ1) is 16.4. The number of methoxy groups -OCH3 is 2. The van der Waals surface area contributed by atoms with E-state index in [1.54, 1.807) is 25.6 Å². The number of aryl methyl sites for hydroxylation is 2. The van der Waals surface area contributed by atoms with Crippen molar-refractivity contribution in [2.24, 2.45) is 0 Å². The first-order chi connectivity index (χ1) is 12.2. The Morgan fingerprint density at radius 3 is 2.68 bits per heavy atom. The Bertz CT molecular complexity index is 942. The number of nitrogens with one attached hydrogen (secondary N) is 1. The number of anilines is 2. The predicted molar refractivity (Wildman–Crippen MR) is 102 cm³/mol. The highest BCUT2D eigenvalue weighted by atomic mass is 35.5. The highest BCUT2D eigenvalue weighted by molar-refractivity contribution is 7.19. The van der Waals surface area contributed by atoms with E-state index in [0.717, 1.165) is 34.6 Å². The van der Waals surface area contributed by atoms with Gasteiger partial charge in [0.1, 0.15) is 10.6 Å². The third-order valence-electron chi connectivity index (χ3n) is 4.43. The van der Waals surface area contributed by atoms with Crippen molar-refractivity contribution in [3.63, 3.8) is 0 Å². The third-order valence-corrected chi connectivity index (χ3v) is 5.79. The summed E-state index contributed by atoms with van der Waals surface area (Å²) in [5.74, 6) is 2.10. The number of rotatable bonds is 4. The summed E-state index contributed by atoms with van der Waals surface area (Å²) in [6.07, 6.45) is 4.63. The minimum atomic E-state index is 0.258. The zero-order valence-electron chi connectivity index (χ0n) is 14.1. The molecular formula is C18H18ClN3O2S. The quantitative estimate of drug-likeness (QED) is 0.651. The van der Waals surface area contributed by atoms with Crippen LogP contribution in [0.1, 0.15) is 23.3 Å². The fraction of sp³-hybridized carbons (Fsp3) is 0.333. The molecule has 5 nitrogen and oxygen atoms in total. The molecule has 3 aromatic rings. The van der Waals surface area contributed by atoms with Gasteiger partial charge in [0.15, 0.2) is 11.5 Å². The van der Waals surface area contributed by atoms with Gasteiger partial charge in [0, 0.05) is 16.6 Å². The minimum absolute atomic E-state index is 0.258. The molecule has 0 saturated carbocycles. The molecule has 0 atom stereocenters. The molecule has 0 amide bonds. The average molecular weight is 376 g/mol. The van der Waals surface area contributed by atoms with Crippen LogP contribution in [0.15, 0.2) is 18.2 Å². The summed E-state index contributed by atoms with van der Waals surface area (Å²) in [5.41, 5.74) is 2.23. The lowest BCUT2D eigenvalue weighted by Gasteiger charge is -2.14. The molecule has 130 valence electrons. The lowest BCUT2D eigenvalue weighted by Crippen LogP contribution is -2.01. The largest absolute Gasteiger partial charge is 0.493 e. The van der Waals surface area contributed by atoms with E-state index >= 15 is 0 Å². The maximum absolute atomic E-state index is 6.16. The van der Waals surface area contributed by atoms with Gasteiger partial charge >= 0.3 is 0 Å². The zero-order valence-corrected chi connectivity index (χ0v) is 15.6. The molecule has 0 saturated heterocycles. The number of nitrogens with zero attached hydrogens (tertiary/aromatic N) is 2. The van der Waals surface area contributed by atoms with Gasteiger partial charge in [0.05, 0.1) is 19.6 Å². The number of aromatic nitrogens is 2. The second kappa shape index (κ2) is 6.69. The standard InChI is InChI=1S/C18H18ClN3O2S/c1-23-12-8-7-10(9-13(12)24-2)20-16-15-11-5-3-4-6-14(11)25-17(15)22-18(19)21-16/h7-9H,3-6H2,1-2H3,(H,20,21,22). The molecule has 0 unspecified atom stereocenters. The zero-order chi connectivity index (χ0) is 17.4. The van der Waals surface area contributed by atoms with Crippen LogP contribution in [-0.4, -0.2) is 24.2 Å². The smallest absolute Gasteiger partial charge is 0.225 e. The summed E-state index contributed by atoms with van der Waals surface area (Å²) in [7, 11) is 3.24. The molecule has 1 aliphatic rings. The Morgan fingerprint density at radius 2 is 1.88 bits per heavy atom. The van der Waals surface area contributed by atoms with E-state index < -0.39 is 0 Å². The van der Waals surface area contributed by atoms with E-state index in [0.29, 0.717) is 11.5 Å². The molecule has 25 heavy (non-hydrogen) atoms. The lowest BCUT2D eigenvalue weighted by molar-refractivity contribution is 0.355. The summed E-state index contributed by atoms with van der Waals surface area (Å²) in [4.78, 5) is 11.2. The second-order valence-corrected chi connectivity index (χ2v) is 7.35. The second-order valence-electron chi connectivity index (χ2n) is 5.93. The van der Waals surface area contributed by atoms with Gasteiger partial charge in [-0.25, -0.2) is 4.98 Å². The normalized spacial score (nSPS) is 13.6. The van der Waals surface area contributed by atoms with Crippen LogP contribution in [0.5, 0.6) is 11.5 Å². The number of benzene rings is 1. The Balaban J connectivity index is 1.80. The molecule has 0 radical (unpaired) electrons. The topological polar surface area (TPSA) is 56.3 Å². The van der Waals surface area contributed by atoms with Crippen molar-refractivity contribution in [1.29, 1.82) is 0 Å². The lowest BCUT2D eigenvalue weighted by atomic mass is 9.97. The van der Waals surface area contributed by atoms with Crippen LogP contribution in [0, 0.1) is 0 Å². The first-order valence-corrected chi connectivity index (χ1v) is 9.36. The summed E-state index contributed by atoms with van der Waals surface area (Å²) < 4.78 is 10.7. The van der Waals surface area contributed by atoms with Crippen LogP contribution >= 0.6 is 22.9 Å². The monoisotopic (exact) mass is 375 g/mol. The van der Waals surface area contributed by atoms with Gasteiger partial charge in [-0.05, 0) is 55.0 Å². The molecule has 4 rings (SSSR count). The molecule has 2 heterocycles. The van der Waals surface area contributed by atoms with E-state index in [1.165, 1.54) is 23.3 Å². The van der Waals surface area contributed by atoms with Crippen molar-refractivity contribution < 1.29 is 9.47 Å². The number of hydrogen-bond donors (Lipinski definition) is 1. The van der Waals surface area contributed by atoms with Crippen LogP contribution in [-0.2, 0) is 12.8 Å². The molecule has 1 N–H and O–H groups in total. The van der Waals surface area contributed by atoms with Gasteiger partial charge in [0.2, 0.25) is 5.28 Å². The number of ether oxygens (including phenoxy) is 2. The average Bonchev–Trinajstić information content (AvgIpc) is 2.99. The summed E-state index contributed by atoms with van der Waals surface area (Å²) in [6, 6.07) is 5.69.